The number of oxazole rings is 1. The molecule has 0 unspecified atom stereocenters. The fraction of sp³-hybridized carbons (Fsp3) is 0.429. The summed E-state index contributed by atoms with van der Waals surface area (Å²) in [5, 5.41) is 5.82. The first-order valence-electron chi connectivity index (χ1n) is 6.65. The summed E-state index contributed by atoms with van der Waals surface area (Å²) in [6, 6.07) is 5.64. The van der Waals surface area contributed by atoms with Crippen molar-refractivity contribution in [1.29, 1.82) is 0 Å². The zero-order valence-electron chi connectivity index (χ0n) is 10.9. The molecule has 1 aliphatic rings. The van der Waals surface area contributed by atoms with Gasteiger partial charge < -0.3 is 15.1 Å². The van der Waals surface area contributed by atoms with Crippen molar-refractivity contribution >= 4 is 22.8 Å². The predicted octanol–water partition coefficient (Wildman–Crippen LogP) is 3.20. The van der Waals surface area contributed by atoms with E-state index in [2.05, 4.69) is 15.6 Å². The van der Waals surface area contributed by atoms with Gasteiger partial charge in [-0.2, -0.15) is 0 Å². The molecule has 0 radical (unpaired) electrons. The molecule has 1 aromatic heterocycles. The van der Waals surface area contributed by atoms with Gasteiger partial charge in [0.25, 0.3) is 0 Å². The monoisotopic (exact) mass is 259 g/mol. The second kappa shape index (κ2) is 4.91. The summed E-state index contributed by atoms with van der Waals surface area (Å²) >= 11 is 0. The minimum absolute atomic E-state index is 0.150. The maximum Gasteiger partial charge on any atom is 0.319 e. The Balaban J connectivity index is 1.68. The number of hydrogen-bond acceptors (Lipinski definition) is 3. The van der Waals surface area contributed by atoms with E-state index < -0.39 is 0 Å². The SMILES string of the molecule is Cc1nc2ccc(NC(=O)NC3CCCC3)cc2o1. The van der Waals surface area contributed by atoms with Gasteiger partial charge in [0, 0.05) is 24.7 Å². The van der Waals surface area contributed by atoms with Gasteiger partial charge in [0.05, 0.1) is 0 Å². The van der Waals surface area contributed by atoms with Gasteiger partial charge in [0.1, 0.15) is 5.52 Å². The fourth-order valence-corrected chi connectivity index (χ4v) is 2.54. The maximum atomic E-state index is 11.8. The Hall–Kier alpha value is -2.04. The number of aromatic nitrogens is 1. The summed E-state index contributed by atoms with van der Waals surface area (Å²) in [6.45, 7) is 1.81. The van der Waals surface area contributed by atoms with E-state index in [1.165, 1.54) is 12.8 Å². The number of hydrogen-bond donors (Lipinski definition) is 2. The van der Waals surface area contributed by atoms with Crippen LogP contribution in [-0.2, 0) is 0 Å². The maximum absolute atomic E-state index is 11.8. The van der Waals surface area contributed by atoms with E-state index >= 15 is 0 Å². The van der Waals surface area contributed by atoms with Crippen LogP contribution in [0.4, 0.5) is 10.5 Å². The molecule has 0 spiro atoms. The highest BCUT2D eigenvalue weighted by molar-refractivity contribution is 5.91. The van der Waals surface area contributed by atoms with Crippen LogP contribution in [0.2, 0.25) is 0 Å². The molecular weight excluding hydrogens is 242 g/mol. The summed E-state index contributed by atoms with van der Waals surface area (Å²) in [5.41, 5.74) is 2.22. The van der Waals surface area contributed by atoms with Crippen LogP contribution in [0, 0.1) is 6.92 Å². The first-order chi connectivity index (χ1) is 9.20. The summed E-state index contributed by atoms with van der Waals surface area (Å²) in [4.78, 5) is 16.1. The average Bonchev–Trinajstić information content (AvgIpc) is 2.96. The van der Waals surface area contributed by atoms with Gasteiger partial charge in [-0.05, 0) is 25.0 Å². The van der Waals surface area contributed by atoms with Crippen molar-refractivity contribution in [3.63, 3.8) is 0 Å². The molecule has 5 nitrogen and oxygen atoms in total. The van der Waals surface area contributed by atoms with Crippen LogP contribution in [0.5, 0.6) is 0 Å². The van der Waals surface area contributed by atoms with Crippen molar-refractivity contribution in [3.8, 4) is 0 Å². The lowest BCUT2D eigenvalue weighted by Gasteiger charge is -2.12. The smallest absolute Gasteiger partial charge is 0.319 e. The number of urea groups is 1. The summed E-state index contributed by atoms with van der Waals surface area (Å²) < 4.78 is 5.44. The lowest BCUT2D eigenvalue weighted by Crippen LogP contribution is -2.36. The van der Waals surface area contributed by atoms with E-state index in [4.69, 9.17) is 4.42 Å². The van der Waals surface area contributed by atoms with Crippen LogP contribution in [-0.4, -0.2) is 17.1 Å². The summed E-state index contributed by atoms with van der Waals surface area (Å²) in [6.07, 6.45) is 4.56. The molecule has 1 fully saturated rings. The first kappa shape index (κ1) is 12.0. The highest BCUT2D eigenvalue weighted by Crippen LogP contribution is 2.20. The Kier molecular flexibility index (Phi) is 3.11. The molecule has 1 heterocycles. The van der Waals surface area contributed by atoms with Crippen molar-refractivity contribution in [3.05, 3.63) is 24.1 Å². The van der Waals surface area contributed by atoms with Crippen molar-refractivity contribution in [2.75, 3.05) is 5.32 Å². The Morgan fingerprint density at radius 3 is 2.95 bits per heavy atom. The average molecular weight is 259 g/mol. The Bertz CT molecular complexity index is 600. The molecule has 19 heavy (non-hydrogen) atoms. The molecule has 0 aliphatic heterocycles. The van der Waals surface area contributed by atoms with Crippen LogP contribution >= 0.6 is 0 Å². The third-order valence-electron chi connectivity index (χ3n) is 3.44. The van der Waals surface area contributed by atoms with Gasteiger partial charge in [0.15, 0.2) is 11.5 Å². The van der Waals surface area contributed by atoms with E-state index in [1.54, 1.807) is 13.0 Å². The number of carbonyl (C=O) groups excluding carboxylic acids is 1. The zero-order chi connectivity index (χ0) is 13.2. The second-order valence-electron chi connectivity index (χ2n) is 5.00. The molecule has 1 saturated carbocycles. The van der Waals surface area contributed by atoms with Crippen molar-refractivity contribution < 1.29 is 9.21 Å². The van der Waals surface area contributed by atoms with Crippen LogP contribution < -0.4 is 10.6 Å². The molecule has 3 rings (SSSR count). The number of anilines is 1. The number of benzene rings is 1. The Morgan fingerprint density at radius 2 is 2.16 bits per heavy atom. The molecule has 1 aromatic carbocycles. The van der Waals surface area contributed by atoms with Crippen LogP contribution in [0.25, 0.3) is 11.1 Å². The second-order valence-corrected chi connectivity index (χ2v) is 5.00. The van der Waals surface area contributed by atoms with E-state index in [-0.39, 0.29) is 6.03 Å². The third kappa shape index (κ3) is 2.70. The van der Waals surface area contributed by atoms with Gasteiger partial charge in [-0.25, -0.2) is 9.78 Å². The largest absolute Gasteiger partial charge is 0.441 e. The van der Waals surface area contributed by atoms with Gasteiger partial charge in [-0.15, -0.1) is 0 Å². The van der Waals surface area contributed by atoms with Crippen LogP contribution in [0.3, 0.4) is 0 Å². The lowest BCUT2D eigenvalue weighted by atomic mass is 10.2. The lowest BCUT2D eigenvalue weighted by molar-refractivity contribution is 0.248. The van der Waals surface area contributed by atoms with E-state index in [9.17, 15) is 4.79 Å². The molecular formula is C14H17N3O2. The van der Waals surface area contributed by atoms with Crippen LogP contribution in [0.15, 0.2) is 22.6 Å². The fourth-order valence-electron chi connectivity index (χ4n) is 2.54. The van der Waals surface area contributed by atoms with Gasteiger partial charge in [0.2, 0.25) is 0 Å². The molecule has 2 N–H and O–H groups in total. The third-order valence-corrected chi connectivity index (χ3v) is 3.44. The van der Waals surface area contributed by atoms with Gasteiger partial charge >= 0.3 is 6.03 Å². The quantitative estimate of drug-likeness (QED) is 0.870. The number of aryl methyl sites for hydroxylation is 1. The molecule has 0 bridgehead atoms. The number of fused-ring (bicyclic) bond motifs is 1. The minimum Gasteiger partial charge on any atom is -0.441 e. The topological polar surface area (TPSA) is 67.2 Å². The zero-order valence-corrected chi connectivity index (χ0v) is 10.9. The Morgan fingerprint density at radius 1 is 1.37 bits per heavy atom. The number of nitrogens with one attached hydrogen (secondary N) is 2. The highest BCUT2D eigenvalue weighted by atomic mass is 16.3. The normalized spacial score (nSPS) is 15.8. The molecule has 100 valence electrons. The van der Waals surface area contributed by atoms with Gasteiger partial charge in [-0.1, -0.05) is 12.8 Å². The van der Waals surface area contributed by atoms with E-state index in [1.807, 2.05) is 12.1 Å². The van der Waals surface area contributed by atoms with Crippen molar-refractivity contribution in [2.45, 2.75) is 38.6 Å². The predicted molar refractivity (Wildman–Crippen MR) is 73.2 cm³/mol. The standard InChI is InChI=1S/C14H17N3O2/c1-9-15-12-7-6-11(8-13(12)19-9)17-14(18)16-10-4-2-3-5-10/h6-8,10H,2-5H2,1H3,(H2,16,17,18). The van der Waals surface area contributed by atoms with Crippen LogP contribution in [0.1, 0.15) is 31.6 Å². The van der Waals surface area contributed by atoms with Crippen molar-refractivity contribution in [1.82, 2.24) is 10.3 Å². The molecule has 0 atom stereocenters. The number of rotatable bonds is 2. The summed E-state index contributed by atoms with van der Waals surface area (Å²) in [7, 11) is 0. The molecule has 1 aliphatic carbocycles. The van der Waals surface area contributed by atoms with E-state index in [0.29, 0.717) is 17.5 Å². The van der Waals surface area contributed by atoms with Crippen molar-refractivity contribution in [2.24, 2.45) is 0 Å². The van der Waals surface area contributed by atoms with E-state index in [0.717, 1.165) is 24.0 Å². The number of amides is 2. The van der Waals surface area contributed by atoms with Gasteiger partial charge in [-0.3, -0.25) is 0 Å². The molecule has 0 saturated heterocycles. The highest BCUT2D eigenvalue weighted by Gasteiger charge is 2.17. The number of carbonyl (C=O) groups is 1. The first-order valence-corrected chi connectivity index (χ1v) is 6.65. The number of nitrogens with zero attached hydrogens (tertiary/aromatic N) is 1. The minimum atomic E-state index is -0.150. The Labute approximate surface area is 111 Å². The summed E-state index contributed by atoms with van der Waals surface area (Å²) in [5.74, 6) is 0.627. The molecule has 2 aromatic rings. The molecule has 5 heteroatoms. The molecule has 2 amide bonds.